The van der Waals surface area contributed by atoms with Crippen LogP contribution in [0.3, 0.4) is 0 Å². The van der Waals surface area contributed by atoms with Crippen LogP contribution in [-0.2, 0) is 0 Å². The lowest BCUT2D eigenvalue weighted by Crippen LogP contribution is -2.29. The molecule has 1 heterocycles. The first kappa shape index (κ1) is 9.56. The fourth-order valence-electron chi connectivity index (χ4n) is 1.91. The Hall–Kier alpha value is -0.530. The van der Waals surface area contributed by atoms with Gasteiger partial charge in [-0.05, 0) is 32.1 Å². The van der Waals surface area contributed by atoms with Crippen LogP contribution in [-0.4, -0.2) is 23.8 Å². The summed E-state index contributed by atoms with van der Waals surface area (Å²) in [6, 6.07) is 0. The minimum atomic E-state index is 0.742. The van der Waals surface area contributed by atoms with Gasteiger partial charge in [-0.2, -0.15) is 0 Å². The second kappa shape index (κ2) is 4.48. The number of likely N-dealkylation sites (tertiary alicyclic amines) is 1. The summed E-state index contributed by atoms with van der Waals surface area (Å²) in [6.45, 7) is 6.38. The fourth-order valence-corrected chi connectivity index (χ4v) is 1.91. The first-order valence-electron chi connectivity index (χ1n) is 5.04. The summed E-state index contributed by atoms with van der Waals surface area (Å²) in [6.07, 6.45) is 5.23. The lowest BCUT2D eigenvalue weighted by atomic mass is 9.98. The predicted octanol–water partition coefficient (Wildman–Crippen LogP) is 2.50. The Bertz CT molecular complexity index is 154. The van der Waals surface area contributed by atoms with E-state index < -0.39 is 0 Å². The highest BCUT2D eigenvalue weighted by Crippen LogP contribution is 2.19. The van der Waals surface area contributed by atoms with E-state index in [1.54, 1.807) is 0 Å². The molecule has 1 rings (SSSR count). The van der Waals surface area contributed by atoms with Crippen LogP contribution in [0.15, 0.2) is 0 Å². The van der Waals surface area contributed by atoms with E-state index >= 15 is 0 Å². The maximum absolute atomic E-state index is 7.53. The van der Waals surface area contributed by atoms with Crippen molar-refractivity contribution < 1.29 is 0 Å². The lowest BCUT2D eigenvalue weighted by Gasteiger charge is -2.20. The van der Waals surface area contributed by atoms with Crippen LogP contribution < -0.4 is 0 Å². The van der Waals surface area contributed by atoms with Crippen LogP contribution in [0.4, 0.5) is 0 Å². The molecule has 2 heteroatoms. The van der Waals surface area contributed by atoms with Gasteiger partial charge in [0.25, 0.3) is 0 Å². The normalized spacial score (nSPS) is 25.2. The first-order valence-corrected chi connectivity index (χ1v) is 5.04. The summed E-state index contributed by atoms with van der Waals surface area (Å²) in [4.78, 5) is 2.20. The first-order chi connectivity index (χ1) is 5.74. The molecule has 1 aliphatic rings. The maximum Gasteiger partial charge on any atom is 0.0925 e. The Morgan fingerprint density at radius 2 is 2.17 bits per heavy atom. The summed E-state index contributed by atoms with van der Waals surface area (Å²) in [5.41, 5.74) is 0. The Morgan fingerprint density at radius 3 is 2.75 bits per heavy atom. The highest BCUT2D eigenvalue weighted by molar-refractivity contribution is 5.76. The lowest BCUT2D eigenvalue weighted by molar-refractivity contribution is 0.408. The Balaban J connectivity index is 2.39. The van der Waals surface area contributed by atoms with Crippen LogP contribution in [0.1, 0.15) is 39.5 Å². The van der Waals surface area contributed by atoms with Crippen molar-refractivity contribution in [2.45, 2.75) is 39.5 Å². The molecule has 0 amide bonds. The van der Waals surface area contributed by atoms with Crippen LogP contribution >= 0.6 is 0 Å². The molecule has 0 saturated carbocycles. The average molecular weight is 168 g/mol. The third-order valence-corrected chi connectivity index (χ3v) is 2.90. The van der Waals surface area contributed by atoms with Crippen molar-refractivity contribution >= 4 is 5.84 Å². The van der Waals surface area contributed by atoms with Crippen molar-refractivity contribution in [3.63, 3.8) is 0 Å². The molecule has 0 aliphatic carbocycles. The standard InChI is InChI=1S/C10H20N2/c1-3-10-5-4-7-12(8-6-10)9(2)11/h10-11H,3-8H2,1-2H3. The van der Waals surface area contributed by atoms with E-state index in [2.05, 4.69) is 11.8 Å². The van der Waals surface area contributed by atoms with Gasteiger partial charge in [0.1, 0.15) is 0 Å². The van der Waals surface area contributed by atoms with Gasteiger partial charge in [-0.1, -0.05) is 13.3 Å². The van der Waals surface area contributed by atoms with Crippen molar-refractivity contribution in [1.29, 1.82) is 5.41 Å². The average Bonchev–Trinajstić information content (AvgIpc) is 2.28. The van der Waals surface area contributed by atoms with Gasteiger partial charge in [0.05, 0.1) is 5.84 Å². The van der Waals surface area contributed by atoms with Crippen LogP contribution in [0, 0.1) is 11.3 Å². The molecule has 0 aromatic carbocycles. The Labute approximate surface area is 75.5 Å². The molecule has 1 fully saturated rings. The number of hydrogen-bond acceptors (Lipinski definition) is 1. The SMILES string of the molecule is CCC1CCCN(C(C)=N)CC1. The van der Waals surface area contributed by atoms with Crippen LogP contribution in [0.5, 0.6) is 0 Å². The smallest absolute Gasteiger partial charge is 0.0925 e. The number of rotatable bonds is 1. The van der Waals surface area contributed by atoms with Crippen molar-refractivity contribution in [3.8, 4) is 0 Å². The maximum atomic E-state index is 7.53. The number of nitrogens with zero attached hydrogens (tertiary/aromatic N) is 1. The second-order valence-electron chi connectivity index (χ2n) is 3.78. The molecular formula is C10H20N2. The van der Waals surface area contributed by atoms with Crippen LogP contribution in [0.2, 0.25) is 0 Å². The largest absolute Gasteiger partial charge is 0.361 e. The zero-order chi connectivity index (χ0) is 8.97. The van der Waals surface area contributed by atoms with Gasteiger partial charge in [0.2, 0.25) is 0 Å². The van der Waals surface area contributed by atoms with Crippen molar-refractivity contribution in [3.05, 3.63) is 0 Å². The molecule has 1 unspecified atom stereocenters. The Morgan fingerprint density at radius 1 is 1.42 bits per heavy atom. The number of amidine groups is 1. The second-order valence-corrected chi connectivity index (χ2v) is 3.78. The van der Waals surface area contributed by atoms with E-state index in [4.69, 9.17) is 5.41 Å². The molecule has 12 heavy (non-hydrogen) atoms. The van der Waals surface area contributed by atoms with Crippen molar-refractivity contribution in [1.82, 2.24) is 4.90 Å². The van der Waals surface area contributed by atoms with Gasteiger partial charge in [-0.15, -0.1) is 0 Å². The van der Waals surface area contributed by atoms with E-state index in [0.717, 1.165) is 24.8 Å². The van der Waals surface area contributed by atoms with E-state index in [0.29, 0.717) is 0 Å². The fraction of sp³-hybridized carbons (Fsp3) is 0.900. The summed E-state index contributed by atoms with van der Waals surface area (Å²) < 4.78 is 0. The molecule has 0 aromatic rings. The van der Waals surface area contributed by atoms with Gasteiger partial charge in [0.15, 0.2) is 0 Å². The third kappa shape index (κ3) is 2.50. The summed E-state index contributed by atoms with van der Waals surface area (Å²) in [5, 5.41) is 7.53. The van der Waals surface area contributed by atoms with Gasteiger partial charge in [-0.25, -0.2) is 0 Å². The molecule has 1 saturated heterocycles. The predicted molar refractivity (Wildman–Crippen MR) is 52.6 cm³/mol. The number of nitrogens with one attached hydrogen (secondary N) is 1. The summed E-state index contributed by atoms with van der Waals surface area (Å²) in [5.74, 6) is 1.65. The van der Waals surface area contributed by atoms with Gasteiger partial charge < -0.3 is 4.90 Å². The highest BCUT2D eigenvalue weighted by Gasteiger charge is 2.15. The molecule has 1 aliphatic heterocycles. The van der Waals surface area contributed by atoms with Crippen LogP contribution in [0.25, 0.3) is 0 Å². The molecule has 2 nitrogen and oxygen atoms in total. The van der Waals surface area contributed by atoms with Crippen molar-refractivity contribution in [2.75, 3.05) is 13.1 Å². The molecule has 0 radical (unpaired) electrons. The summed E-state index contributed by atoms with van der Waals surface area (Å²) in [7, 11) is 0. The molecule has 0 bridgehead atoms. The third-order valence-electron chi connectivity index (χ3n) is 2.90. The zero-order valence-corrected chi connectivity index (χ0v) is 8.27. The monoisotopic (exact) mass is 168 g/mol. The van der Waals surface area contributed by atoms with Gasteiger partial charge >= 0.3 is 0 Å². The summed E-state index contributed by atoms with van der Waals surface area (Å²) >= 11 is 0. The molecule has 1 N–H and O–H groups in total. The molecular weight excluding hydrogens is 148 g/mol. The van der Waals surface area contributed by atoms with Gasteiger partial charge in [0, 0.05) is 13.1 Å². The zero-order valence-electron chi connectivity index (χ0n) is 8.27. The molecule has 0 spiro atoms. The van der Waals surface area contributed by atoms with E-state index in [9.17, 15) is 0 Å². The van der Waals surface area contributed by atoms with Crippen molar-refractivity contribution in [2.24, 2.45) is 5.92 Å². The van der Waals surface area contributed by atoms with E-state index in [1.807, 2.05) is 6.92 Å². The van der Waals surface area contributed by atoms with E-state index in [-0.39, 0.29) is 0 Å². The minimum absolute atomic E-state index is 0.742. The minimum Gasteiger partial charge on any atom is -0.361 e. The molecule has 70 valence electrons. The molecule has 1 atom stereocenters. The number of hydrogen-bond donors (Lipinski definition) is 1. The Kier molecular flexibility index (Phi) is 3.57. The molecule has 0 aromatic heterocycles. The highest BCUT2D eigenvalue weighted by atomic mass is 15.2. The topological polar surface area (TPSA) is 27.1 Å². The van der Waals surface area contributed by atoms with E-state index in [1.165, 1.54) is 25.7 Å². The van der Waals surface area contributed by atoms with Gasteiger partial charge in [-0.3, -0.25) is 5.41 Å². The quantitative estimate of drug-likeness (QED) is 0.472.